The third kappa shape index (κ3) is 4.35. The average Bonchev–Trinajstić information content (AvgIpc) is 3.20. The van der Waals surface area contributed by atoms with Crippen molar-refractivity contribution in [3.05, 3.63) is 46.0 Å². The van der Waals surface area contributed by atoms with Crippen LogP contribution in [0.1, 0.15) is 23.2 Å². The molecule has 3 heterocycles. The first-order valence-corrected chi connectivity index (χ1v) is 10.6. The summed E-state index contributed by atoms with van der Waals surface area (Å²) in [7, 11) is 0. The molecular formula is C21H21F2N5OS. The Kier molecular flexibility index (Phi) is 6.06. The Hall–Kier alpha value is -2.83. The highest BCUT2D eigenvalue weighted by Gasteiger charge is 2.23. The summed E-state index contributed by atoms with van der Waals surface area (Å²) in [4.78, 5) is 13.4. The van der Waals surface area contributed by atoms with Crippen molar-refractivity contribution in [2.75, 3.05) is 31.1 Å². The molecule has 0 spiro atoms. The molecule has 30 heavy (non-hydrogen) atoms. The van der Waals surface area contributed by atoms with Gasteiger partial charge in [-0.15, -0.1) is 11.3 Å². The minimum absolute atomic E-state index is 0.0598. The lowest BCUT2D eigenvalue weighted by atomic mass is 10.1. The van der Waals surface area contributed by atoms with Gasteiger partial charge in [-0.2, -0.15) is 14.0 Å². The maximum Gasteiger partial charge on any atom is 0.387 e. The van der Waals surface area contributed by atoms with Crippen LogP contribution in [-0.2, 0) is 13.0 Å². The van der Waals surface area contributed by atoms with E-state index < -0.39 is 6.61 Å². The van der Waals surface area contributed by atoms with Gasteiger partial charge in [0.1, 0.15) is 11.8 Å². The maximum atomic E-state index is 12.7. The molecule has 9 heteroatoms. The molecule has 0 N–H and O–H groups in total. The van der Waals surface area contributed by atoms with E-state index in [0.29, 0.717) is 16.5 Å². The van der Waals surface area contributed by atoms with Gasteiger partial charge in [-0.3, -0.25) is 9.88 Å². The summed E-state index contributed by atoms with van der Waals surface area (Å²) in [6, 6.07) is 6.84. The monoisotopic (exact) mass is 429 g/mol. The van der Waals surface area contributed by atoms with Crippen LogP contribution in [0, 0.1) is 11.3 Å². The van der Waals surface area contributed by atoms with Crippen LogP contribution in [0.2, 0.25) is 0 Å². The number of alkyl halides is 2. The molecule has 1 aliphatic rings. The van der Waals surface area contributed by atoms with E-state index in [1.54, 1.807) is 29.7 Å². The van der Waals surface area contributed by atoms with E-state index in [1.165, 1.54) is 6.07 Å². The van der Waals surface area contributed by atoms with Crippen molar-refractivity contribution in [3.8, 4) is 11.8 Å². The second kappa shape index (κ2) is 8.90. The van der Waals surface area contributed by atoms with Crippen LogP contribution in [0.15, 0.2) is 29.8 Å². The van der Waals surface area contributed by atoms with Gasteiger partial charge in [0, 0.05) is 49.7 Å². The van der Waals surface area contributed by atoms with E-state index in [9.17, 15) is 14.0 Å². The van der Waals surface area contributed by atoms with Gasteiger partial charge in [-0.05, 0) is 24.6 Å². The van der Waals surface area contributed by atoms with Gasteiger partial charge >= 0.3 is 6.61 Å². The number of thiazole rings is 1. The van der Waals surface area contributed by atoms with Crippen molar-refractivity contribution >= 4 is 27.9 Å². The summed E-state index contributed by atoms with van der Waals surface area (Å²) in [6.45, 7) is 3.09. The number of pyridine rings is 1. The molecule has 4 rings (SSSR count). The van der Waals surface area contributed by atoms with E-state index in [0.717, 1.165) is 55.5 Å². The number of aromatic nitrogens is 2. The first-order valence-electron chi connectivity index (χ1n) is 9.75. The third-order valence-electron chi connectivity index (χ3n) is 5.13. The number of nitriles is 1. The minimum Gasteiger partial charge on any atom is -0.435 e. The zero-order valence-corrected chi connectivity index (χ0v) is 17.3. The van der Waals surface area contributed by atoms with Crippen LogP contribution in [0.4, 0.5) is 14.5 Å². The molecular weight excluding hydrogens is 408 g/mol. The van der Waals surface area contributed by atoms with Crippen molar-refractivity contribution in [3.63, 3.8) is 0 Å². The minimum atomic E-state index is -2.90. The fourth-order valence-corrected chi connectivity index (χ4v) is 4.43. The SMILES string of the molecule is CCc1nc(CN2CCN(c3c(C#N)cnc4ccc(OC(F)F)cc34)CC2)cs1. The molecule has 3 aromatic rings. The van der Waals surface area contributed by atoms with Crippen molar-refractivity contribution in [2.24, 2.45) is 0 Å². The summed E-state index contributed by atoms with van der Waals surface area (Å²) in [5.41, 5.74) is 2.88. The summed E-state index contributed by atoms with van der Waals surface area (Å²) < 4.78 is 29.9. The zero-order valence-electron chi connectivity index (χ0n) is 16.5. The molecule has 0 aliphatic carbocycles. The van der Waals surface area contributed by atoms with Gasteiger partial charge in [0.2, 0.25) is 0 Å². The predicted octanol–water partition coefficient (Wildman–Crippen LogP) is 4.05. The summed E-state index contributed by atoms with van der Waals surface area (Å²) >= 11 is 1.69. The molecule has 2 aromatic heterocycles. The van der Waals surface area contributed by atoms with Gasteiger partial charge in [0.25, 0.3) is 0 Å². The second-order valence-corrected chi connectivity index (χ2v) is 7.98. The normalized spacial score (nSPS) is 15.0. The maximum absolute atomic E-state index is 12.7. The van der Waals surface area contributed by atoms with Crippen LogP contribution in [-0.4, -0.2) is 47.7 Å². The number of anilines is 1. The third-order valence-corrected chi connectivity index (χ3v) is 6.17. The number of hydrogen-bond donors (Lipinski definition) is 0. The van der Waals surface area contributed by atoms with Crippen molar-refractivity contribution in [2.45, 2.75) is 26.5 Å². The predicted molar refractivity (Wildman–Crippen MR) is 112 cm³/mol. The lowest BCUT2D eigenvalue weighted by molar-refractivity contribution is -0.0497. The molecule has 0 bridgehead atoms. The molecule has 0 unspecified atom stereocenters. The van der Waals surface area contributed by atoms with Crippen LogP contribution >= 0.6 is 11.3 Å². The first-order chi connectivity index (χ1) is 14.6. The molecule has 1 aliphatic heterocycles. The molecule has 0 saturated carbocycles. The van der Waals surface area contributed by atoms with E-state index in [2.05, 4.69) is 42.9 Å². The lowest BCUT2D eigenvalue weighted by Gasteiger charge is -2.36. The molecule has 0 atom stereocenters. The van der Waals surface area contributed by atoms with Gasteiger partial charge in [-0.1, -0.05) is 6.92 Å². The Morgan fingerprint density at radius 1 is 1.27 bits per heavy atom. The van der Waals surface area contributed by atoms with Crippen molar-refractivity contribution in [1.82, 2.24) is 14.9 Å². The lowest BCUT2D eigenvalue weighted by Crippen LogP contribution is -2.46. The summed E-state index contributed by atoms with van der Waals surface area (Å²) in [6.07, 6.45) is 2.49. The number of benzene rings is 1. The van der Waals surface area contributed by atoms with E-state index in [4.69, 9.17) is 0 Å². The second-order valence-electron chi connectivity index (χ2n) is 7.04. The first kappa shape index (κ1) is 20.4. The molecule has 1 fully saturated rings. The van der Waals surface area contributed by atoms with Crippen LogP contribution < -0.4 is 9.64 Å². The Morgan fingerprint density at radius 3 is 2.73 bits per heavy atom. The highest BCUT2D eigenvalue weighted by molar-refractivity contribution is 7.09. The number of nitrogens with zero attached hydrogens (tertiary/aromatic N) is 5. The number of hydrogen-bond acceptors (Lipinski definition) is 7. The van der Waals surface area contributed by atoms with E-state index in [1.807, 2.05) is 0 Å². The number of fused-ring (bicyclic) bond motifs is 1. The van der Waals surface area contributed by atoms with Crippen LogP contribution in [0.3, 0.4) is 0 Å². The van der Waals surface area contributed by atoms with E-state index >= 15 is 0 Å². The quantitative estimate of drug-likeness (QED) is 0.589. The highest BCUT2D eigenvalue weighted by Crippen LogP contribution is 2.33. The van der Waals surface area contributed by atoms with Crippen LogP contribution in [0.5, 0.6) is 5.75 Å². The number of ether oxygens (including phenoxy) is 1. The summed E-state index contributed by atoms with van der Waals surface area (Å²) in [5, 5.41) is 13.5. The Balaban J connectivity index is 1.55. The standard InChI is InChI=1S/C21H21F2N5OS/c1-2-19-26-15(13-30-19)12-27-5-7-28(8-6-27)20-14(10-24)11-25-18-4-3-16(9-17(18)20)29-21(22)23/h3-4,9,11,13,21H,2,5-8,12H2,1H3. The molecule has 6 nitrogen and oxygen atoms in total. The molecule has 1 aromatic carbocycles. The van der Waals surface area contributed by atoms with Crippen LogP contribution in [0.25, 0.3) is 10.9 Å². The fourth-order valence-electron chi connectivity index (χ4n) is 3.70. The largest absolute Gasteiger partial charge is 0.435 e. The Bertz CT molecular complexity index is 1070. The topological polar surface area (TPSA) is 65.3 Å². The number of halogens is 2. The average molecular weight is 429 g/mol. The summed E-state index contributed by atoms with van der Waals surface area (Å²) in [5.74, 6) is 0.0598. The van der Waals surface area contributed by atoms with Gasteiger partial charge in [-0.25, -0.2) is 4.98 Å². The molecule has 156 valence electrons. The molecule has 0 radical (unpaired) electrons. The van der Waals surface area contributed by atoms with Gasteiger partial charge in [0.15, 0.2) is 0 Å². The van der Waals surface area contributed by atoms with Crippen molar-refractivity contribution in [1.29, 1.82) is 5.26 Å². The molecule has 1 saturated heterocycles. The number of aryl methyl sites for hydroxylation is 1. The van der Waals surface area contributed by atoms with Crippen molar-refractivity contribution < 1.29 is 13.5 Å². The highest BCUT2D eigenvalue weighted by atomic mass is 32.1. The smallest absolute Gasteiger partial charge is 0.387 e. The van der Waals surface area contributed by atoms with Gasteiger partial charge in [0.05, 0.1) is 27.5 Å². The van der Waals surface area contributed by atoms with Gasteiger partial charge < -0.3 is 9.64 Å². The Labute approximate surface area is 177 Å². The zero-order chi connectivity index (χ0) is 21.1. The fraction of sp³-hybridized carbons (Fsp3) is 0.381. The number of piperazine rings is 1. The molecule has 0 amide bonds. The number of rotatable bonds is 6. The van der Waals surface area contributed by atoms with E-state index in [-0.39, 0.29) is 5.75 Å². The Morgan fingerprint density at radius 2 is 2.07 bits per heavy atom.